The Bertz CT molecular complexity index is 157. The number of nitrogens with one attached hydrogen (secondary N) is 1. The summed E-state index contributed by atoms with van der Waals surface area (Å²) in [4.78, 5) is 0. The highest BCUT2D eigenvalue weighted by molar-refractivity contribution is 9.09. The molecule has 0 heterocycles. The summed E-state index contributed by atoms with van der Waals surface area (Å²) in [6, 6.07) is 0. The number of unbranched alkanes of at least 4 members (excludes halogenated alkanes) is 7. The van der Waals surface area contributed by atoms with Crippen LogP contribution in [0.4, 0.5) is 0 Å². The van der Waals surface area contributed by atoms with E-state index in [-0.39, 0.29) is 0 Å². The molecule has 0 rings (SSSR count). The van der Waals surface area contributed by atoms with Gasteiger partial charge in [0, 0.05) is 10.9 Å². The van der Waals surface area contributed by atoms with Gasteiger partial charge in [-0.2, -0.15) is 0 Å². The molecule has 0 aromatic heterocycles. The Hall–Kier alpha value is 0.440. The second kappa shape index (κ2) is 11.5. The lowest BCUT2D eigenvalue weighted by molar-refractivity contribution is 0.373. The molecule has 0 atom stereocenters. The third-order valence-electron chi connectivity index (χ3n) is 3.35. The van der Waals surface area contributed by atoms with Crippen LogP contribution in [0.3, 0.4) is 0 Å². The van der Waals surface area contributed by atoms with Gasteiger partial charge in [-0.3, -0.25) is 0 Å². The van der Waals surface area contributed by atoms with Crippen molar-refractivity contribution in [1.82, 2.24) is 5.32 Å². The number of hydrogen-bond donors (Lipinski definition) is 1. The summed E-state index contributed by atoms with van der Waals surface area (Å²) in [6.07, 6.45) is 12.4. The highest BCUT2D eigenvalue weighted by Crippen LogP contribution is 2.11. The summed E-state index contributed by atoms with van der Waals surface area (Å²) in [7, 11) is 0. The molecule has 0 amide bonds. The van der Waals surface area contributed by atoms with Gasteiger partial charge in [-0.15, -0.1) is 0 Å². The summed E-state index contributed by atoms with van der Waals surface area (Å²) in [5.41, 5.74) is 0.296. The van der Waals surface area contributed by atoms with E-state index in [2.05, 4.69) is 42.0 Å². The monoisotopic (exact) mass is 305 g/mol. The van der Waals surface area contributed by atoms with Crippen LogP contribution >= 0.6 is 15.9 Å². The van der Waals surface area contributed by atoms with Crippen molar-refractivity contribution in [2.24, 2.45) is 0 Å². The molecule has 17 heavy (non-hydrogen) atoms. The van der Waals surface area contributed by atoms with E-state index in [1.807, 2.05) is 0 Å². The van der Waals surface area contributed by atoms with Gasteiger partial charge in [-0.1, -0.05) is 67.8 Å². The molecule has 104 valence electrons. The second-order valence-corrected chi connectivity index (χ2v) is 6.52. The van der Waals surface area contributed by atoms with E-state index in [0.29, 0.717) is 5.54 Å². The first-order valence-electron chi connectivity index (χ1n) is 7.43. The van der Waals surface area contributed by atoms with Crippen LogP contribution in [-0.2, 0) is 0 Å². The van der Waals surface area contributed by atoms with Gasteiger partial charge < -0.3 is 5.32 Å². The molecule has 0 fully saturated rings. The Morgan fingerprint density at radius 2 is 1.41 bits per heavy atom. The molecule has 0 bridgehead atoms. The Labute approximate surface area is 117 Å². The molecule has 0 spiro atoms. The summed E-state index contributed by atoms with van der Waals surface area (Å²) in [5, 5.41) is 4.73. The second-order valence-electron chi connectivity index (χ2n) is 5.72. The average Bonchev–Trinajstić information content (AvgIpc) is 2.27. The van der Waals surface area contributed by atoms with Crippen molar-refractivity contribution in [1.29, 1.82) is 0 Å². The first kappa shape index (κ1) is 17.4. The number of halogens is 1. The van der Waals surface area contributed by atoms with Crippen LogP contribution in [0.15, 0.2) is 0 Å². The number of hydrogen-bond acceptors (Lipinski definition) is 1. The summed E-state index contributed by atoms with van der Waals surface area (Å²) in [6.45, 7) is 8.04. The molecule has 0 radical (unpaired) electrons. The van der Waals surface area contributed by atoms with Crippen LogP contribution in [0.25, 0.3) is 0 Å². The van der Waals surface area contributed by atoms with Gasteiger partial charge >= 0.3 is 0 Å². The molecule has 1 nitrogen and oxygen atoms in total. The normalized spacial score (nSPS) is 12.0. The van der Waals surface area contributed by atoms with Crippen molar-refractivity contribution < 1.29 is 0 Å². The average molecular weight is 306 g/mol. The summed E-state index contributed by atoms with van der Waals surface area (Å²) >= 11 is 3.51. The van der Waals surface area contributed by atoms with Gasteiger partial charge in [-0.25, -0.2) is 0 Å². The minimum absolute atomic E-state index is 0.296. The quantitative estimate of drug-likeness (QED) is 0.382. The van der Waals surface area contributed by atoms with E-state index >= 15 is 0 Å². The van der Waals surface area contributed by atoms with Crippen molar-refractivity contribution in [2.75, 3.05) is 11.9 Å². The first-order chi connectivity index (χ1) is 8.12. The van der Waals surface area contributed by atoms with Crippen molar-refractivity contribution in [3.05, 3.63) is 0 Å². The molecule has 0 saturated heterocycles. The zero-order chi connectivity index (χ0) is 13.0. The molecule has 0 aromatic rings. The molecule has 0 aliphatic rings. The molecule has 0 saturated carbocycles. The predicted molar refractivity (Wildman–Crippen MR) is 83.1 cm³/mol. The molecule has 0 aliphatic carbocycles. The fourth-order valence-corrected chi connectivity index (χ4v) is 3.00. The van der Waals surface area contributed by atoms with E-state index in [1.165, 1.54) is 64.3 Å². The SMILES string of the molecule is CCCCCCCCCCNC(C)(C)CCBr. The third-order valence-corrected chi connectivity index (χ3v) is 3.75. The standard InChI is InChI=1S/C15H32BrN/c1-4-5-6-7-8-9-10-11-14-17-15(2,3)12-13-16/h17H,4-14H2,1-3H3. The summed E-state index contributed by atoms with van der Waals surface area (Å²) < 4.78 is 0. The van der Waals surface area contributed by atoms with Crippen molar-refractivity contribution in [2.45, 2.75) is 84.1 Å². The van der Waals surface area contributed by atoms with Crippen molar-refractivity contribution in [3.8, 4) is 0 Å². The first-order valence-corrected chi connectivity index (χ1v) is 8.55. The van der Waals surface area contributed by atoms with Crippen LogP contribution < -0.4 is 5.32 Å². The number of rotatable bonds is 12. The Morgan fingerprint density at radius 3 is 1.94 bits per heavy atom. The molecular weight excluding hydrogens is 274 g/mol. The van der Waals surface area contributed by atoms with E-state index in [4.69, 9.17) is 0 Å². The summed E-state index contributed by atoms with van der Waals surface area (Å²) in [5.74, 6) is 0. The van der Waals surface area contributed by atoms with Crippen molar-refractivity contribution in [3.63, 3.8) is 0 Å². The molecular formula is C15H32BrN. The topological polar surface area (TPSA) is 12.0 Å². The Balaban J connectivity index is 3.18. The van der Waals surface area contributed by atoms with Crippen LogP contribution in [-0.4, -0.2) is 17.4 Å². The van der Waals surface area contributed by atoms with Crippen LogP contribution in [0.2, 0.25) is 0 Å². The van der Waals surface area contributed by atoms with Gasteiger partial charge in [0.05, 0.1) is 0 Å². The fraction of sp³-hybridized carbons (Fsp3) is 1.00. The van der Waals surface area contributed by atoms with E-state index < -0.39 is 0 Å². The lowest BCUT2D eigenvalue weighted by atomic mass is 10.0. The Morgan fingerprint density at radius 1 is 0.882 bits per heavy atom. The molecule has 2 heteroatoms. The third kappa shape index (κ3) is 12.7. The van der Waals surface area contributed by atoms with Gasteiger partial charge in [0.1, 0.15) is 0 Å². The van der Waals surface area contributed by atoms with E-state index in [0.717, 1.165) is 5.33 Å². The lowest BCUT2D eigenvalue weighted by Gasteiger charge is -2.25. The number of alkyl halides is 1. The van der Waals surface area contributed by atoms with E-state index in [9.17, 15) is 0 Å². The van der Waals surface area contributed by atoms with Gasteiger partial charge in [-0.05, 0) is 33.2 Å². The molecule has 0 aliphatic heterocycles. The smallest absolute Gasteiger partial charge is 0.0133 e. The van der Waals surface area contributed by atoms with Crippen LogP contribution in [0.5, 0.6) is 0 Å². The maximum Gasteiger partial charge on any atom is 0.0133 e. The zero-order valence-corrected chi connectivity index (χ0v) is 13.7. The predicted octanol–water partition coefficient (Wildman–Crippen LogP) is 5.28. The largest absolute Gasteiger partial charge is 0.312 e. The lowest BCUT2D eigenvalue weighted by Crippen LogP contribution is -2.40. The van der Waals surface area contributed by atoms with Crippen LogP contribution in [0, 0.1) is 0 Å². The minimum atomic E-state index is 0.296. The highest BCUT2D eigenvalue weighted by Gasteiger charge is 2.14. The van der Waals surface area contributed by atoms with Crippen LogP contribution in [0.1, 0.15) is 78.6 Å². The van der Waals surface area contributed by atoms with E-state index in [1.54, 1.807) is 0 Å². The van der Waals surface area contributed by atoms with Gasteiger partial charge in [0.2, 0.25) is 0 Å². The molecule has 1 N–H and O–H groups in total. The Kier molecular flexibility index (Phi) is 11.8. The minimum Gasteiger partial charge on any atom is -0.312 e. The molecule has 0 aromatic carbocycles. The maximum atomic E-state index is 3.64. The highest BCUT2D eigenvalue weighted by atomic mass is 79.9. The fourth-order valence-electron chi connectivity index (χ4n) is 2.01. The molecule has 0 unspecified atom stereocenters. The maximum absolute atomic E-state index is 3.64. The van der Waals surface area contributed by atoms with Crippen molar-refractivity contribution >= 4 is 15.9 Å². The zero-order valence-electron chi connectivity index (χ0n) is 12.2. The van der Waals surface area contributed by atoms with Gasteiger partial charge in [0.25, 0.3) is 0 Å². The van der Waals surface area contributed by atoms with Gasteiger partial charge in [0.15, 0.2) is 0 Å².